The molecule has 6 nitrogen and oxygen atoms in total. The van der Waals surface area contributed by atoms with Crippen LogP contribution in [0.5, 0.6) is 0 Å². The number of aromatic nitrogens is 1. The predicted molar refractivity (Wildman–Crippen MR) is 75.2 cm³/mol. The number of hydrogen-bond donors (Lipinski definition) is 2. The van der Waals surface area contributed by atoms with Gasteiger partial charge in [0.15, 0.2) is 0 Å². The van der Waals surface area contributed by atoms with E-state index in [-0.39, 0.29) is 12.2 Å². The van der Waals surface area contributed by atoms with Gasteiger partial charge in [-0.15, -0.1) is 0 Å². The third-order valence-electron chi connectivity index (χ3n) is 2.82. The minimum absolute atomic E-state index is 0.0231. The number of nitrogens with one attached hydrogen (secondary N) is 1. The van der Waals surface area contributed by atoms with Crippen molar-refractivity contribution in [2.45, 2.75) is 19.4 Å². The second-order valence-electron chi connectivity index (χ2n) is 4.48. The quantitative estimate of drug-likeness (QED) is 0.885. The summed E-state index contributed by atoms with van der Waals surface area (Å²) < 4.78 is 4.86. The van der Waals surface area contributed by atoms with Gasteiger partial charge in [0.1, 0.15) is 0 Å². The van der Waals surface area contributed by atoms with Crippen molar-refractivity contribution in [3.63, 3.8) is 0 Å². The van der Waals surface area contributed by atoms with Crippen molar-refractivity contribution >= 4 is 23.5 Å². The number of rotatable bonds is 5. The van der Waals surface area contributed by atoms with Crippen LogP contribution in [0, 0.1) is 6.92 Å². The molecule has 0 unspecified atom stereocenters. The second kappa shape index (κ2) is 6.41. The number of hydrogen-bond acceptors (Lipinski definition) is 4. The van der Waals surface area contributed by atoms with Crippen molar-refractivity contribution in [2.24, 2.45) is 0 Å². The Kier molecular flexibility index (Phi) is 4.59. The maximum Gasteiger partial charge on any atom is 0.305 e. The van der Waals surface area contributed by atoms with Gasteiger partial charge in [-0.1, -0.05) is 35.0 Å². The molecule has 0 aliphatic carbocycles. The number of aliphatic carboxylic acids is 1. The first kappa shape index (κ1) is 15.1. The van der Waals surface area contributed by atoms with E-state index in [0.717, 1.165) is 0 Å². The molecule has 1 heterocycles. The average molecular weight is 309 g/mol. The monoisotopic (exact) mass is 308 g/mol. The lowest BCUT2D eigenvalue weighted by Gasteiger charge is -2.17. The highest BCUT2D eigenvalue weighted by atomic mass is 35.5. The number of carbonyl (C=O) groups excluding carboxylic acids is 1. The number of benzene rings is 1. The SMILES string of the molecule is Cc1cc(C(=O)N[C@H](CC(=O)O)c2ccccc2Cl)on1. The molecule has 1 aromatic carbocycles. The van der Waals surface area contributed by atoms with Crippen molar-refractivity contribution in [2.75, 3.05) is 0 Å². The molecular formula is C14H13ClN2O4. The molecule has 7 heteroatoms. The molecule has 0 saturated heterocycles. The largest absolute Gasteiger partial charge is 0.481 e. The molecule has 21 heavy (non-hydrogen) atoms. The van der Waals surface area contributed by atoms with Crippen LogP contribution in [0.2, 0.25) is 5.02 Å². The van der Waals surface area contributed by atoms with Crippen LogP contribution in [0.3, 0.4) is 0 Å². The zero-order valence-electron chi connectivity index (χ0n) is 11.2. The Morgan fingerprint density at radius 3 is 2.71 bits per heavy atom. The zero-order chi connectivity index (χ0) is 15.4. The van der Waals surface area contributed by atoms with Gasteiger partial charge in [0.25, 0.3) is 5.91 Å². The van der Waals surface area contributed by atoms with E-state index in [1.54, 1.807) is 31.2 Å². The van der Waals surface area contributed by atoms with E-state index >= 15 is 0 Å². The van der Waals surface area contributed by atoms with Crippen LogP contribution in [-0.4, -0.2) is 22.1 Å². The van der Waals surface area contributed by atoms with Crippen molar-refractivity contribution in [3.05, 3.63) is 52.4 Å². The summed E-state index contributed by atoms with van der Waals surface area (Å²) in [6.07, 6.45) is -0.289. The molecular weight excluding hydrogens is 296 g/mol. The maximum atomic E-state index is 12.1. The highest BCUT2D eigenvalue weighted by Crippen LogP contribution is 2.25. The summed E-state index contributed by atoms with van der Waals surface area (Å²) in [6, 6.07) is 7.47. The molecule has 2 aromatic rings. The lowest BCUT2D eigenvalue weighted by molar-refractivity contribution is -0.137. The van der Waals surface area contributed by atoms with Gasteiger partial charge < -0.3 is 14.9 Å². The van der Waals surface area contributed by atoms with Gasteiger partial charge in [-0.05, 0) is 18.6 Å². The number of amides is 1. The van der Waals surface area contributed by atoms with E-state index in [2.05, 4.69) is 10.5 Å². The van der Waals surface area contributed by atoms with E-state index in [4.69, 9.17) is 21.2 Å². The lowest BCUT2D eigenvalue weighted by atomic mass is 10.0. The summed E-state index contributed by atoms with van der Waals surface area (Å²) in [5.74, 6) is -1.56. The topological polar surface area (TPSA) is 92.4 Å². The first-order valence-electron chi connectivity index (χ1n) is 6.17. The molecule has 0 aliphatic heterocycles. The normalized spacial score (nSPS) is 11.9. The molecule has 0 bridgehead atoms. The van der Waals surface area contributed by atoms with Crippen LogP contribution in [0.4, 0.5) is 0 Å². The number of nitrogens with zero attached hydrogens (tertiary/aromatic N) is 1. The Morgan fingerprint density at radius 2 is 2.14 bits per heavy atom. The molecule has 0 aliphatic rings. The fourth-order valence-electron chi connectivity index (χ4n) is 1.87. The number of carboxylic acids is 1. The van der Waals surface area contributed by atoms with Crippen LogP contribution in [0.1, 0.15) is 34.3 Å². The average Bonchev–Trinajstić information content (AvgIpc) is 2.85. The second-order valence-corrected chi connectivity index (χ2v) is 4.89. The number of carbonyl (C=O) groups is 2. The highest BCUT2D eigenvalue weighted by Gasteiger charge is 2.22. The zero-order valence-corrected chi connectivity index (χ0v) is 11.9. The lowest BCUT2D eigenvalue weighted by Crippen LogP contribution is -2.30. The number of carboxylic acid groups (broad SMARTS) is 1. The molecule has 2 N–H and O–H groups in total. The van der Waals surface area contributed by atoms with Gasteiger partial charge in [-0.2, -0.15) is 0 Å². The van der Waals surface area contributed by atoms with Crippen LogP contribution < -0.4 is 5.32 Å². The Balaban J connectivity index is 2.23. The Bertz CT molecular complexity index is 668. The van der Waals surface area contributed by atoms with Gasteiger partial charge in [-0.25, -0.2) is 0 Å². The predicted octanol–water partition coefficient (Wildman–Crippen LogP) is 2.58. The molecule has 1 atom stereocenters. The third kappa shape index (κ3) is 3.82. The summed E-state index contributed by atoms with van der Waals surface area (Å²) in [6.45, 7) is 1.68. The Hall–Kier alpha value is -2.34. The minimum atomic E-state index is -1.05. The molecule has 0 radical (unpaired) electrons. The standard InChI is InChI=1S/C14H13ClN2O4/c1-8-6-12(21-17-8)14(20)16-11(7-13(18)19)9-4-2-3-5-10(9)15/h2-6,11H,7H2,1H3,(H,16,20)(H,18,19)/t11-/m1/s1. The van der Waals surface area contributed by atoms with E-state index < -0.39 is 17.9 Å². The van der Waals surface area contributed by atoms with Crippen molar-refractivity contribution < 1.29 is 19.2 Å². The fourth-order valence-corrected chi connectivity index (χ4v) is 2.14. The van der Waals surface area contributed by atoms with Gasteiger partial charge in [0.2, 0.25) is 5.76 Å². The smallest absolute Gasteiger partial charge is 0.305 e. The van der Waals surface area contributed by atoms with Gasteiger partial charge in [0, 0.05) is 11.1 Å². The summed E-state index contributed by atoms with van der Waals surface area (Å²) in [7, 11) is 0. The molecule has 0 saturated carbocycles. The van der Waals surface area contributed by atoms with Crippen LogP contribution in [-0.2, 0) is 4.79 Å². The summed E-state index contributed by atoms with van der Waals surface area (Å²) >= 11 is 6.06. The van der Waals surface area contributed by atoms with E-state index in [9.17, 15) is 9.59 Å². The van der Waals surface area contributed by atoms with E-state index in [1.807, 2.05) is 0 Å². The molecule has 2 rings (SSSR count). The molecule has 0 fully saturated rings. The minimum Gasteiger partial charge on any atom is -0.481 e. The summed E-state index contributed by atoms with van der Waals surface area (Å²) in [5, 5.41) is 15.6. The Morgan fingerprint density at radius 1 is 1.43 bits per heavy atom. The molecule has 110 valence electrons. The fraction of sp³-hybridized carbons (Fsp3) is 0.214. The van der Waals surface area contributed by atoms with Crippen molar-refractivity contribution in [3.8, 4) is 0 Å². The Labute approximate surface area is 125 Å². The molecule has 1 aromatic heterocycles. The van der Waals surface area contributed by atoms with Gasteiger partial charge in [0.05, 0.1) is 18.2 Å². The summed E-state index contributed by atoms with van der Waals surface area (Å²) in [4.78, 5) is 23.0. The van der Waals surface area contributed by atoms with Crippen LogP contribution in [0.15, 0.2) is 34.9 Å². The first-order chi connectivity index (χ1) is 9.97. The maximum absolute atomic E-state index is 12.1. The summed E-state index contributed by atoms with van der Waals surface area (Å²) in [5.41, 5.74) is 1.10. The number of aryl methyl sites for hydroxylation is 1. The number of halogens is 1. The van der Waals surface area contributed by atoms with Crippen molar-refractivity contribution in [1.29, 1.82) is 0 Å². The van der Waals surface area contributed by atoms with E-state index in [0.29, 0.717) is 16.3 Å². The van der Waals surface area contributed by atoms with Crippen molar-refractivity contribution in [1.82, 2.24) is 10.5 Å². The van der Waals surface area contributed by atoms with Gasteiger partial charge in [-0.3, -0.25) is 9.59 Å². The highest BCUT2D eigenvalue weighted by molar-refractivity contribution is 6.31. The third-order valence-corrected chi connectivity index (χ3v) is 3.16. The van der Waals surface area contributed by atoms with Crippen LogP contribution in [0.25, 0.3) is 0 Å². The molecule has 1 amide bonds. The first-order valence-corrected chi connectivity index (χ1v) is 6.55. The van der Waals surface area contributed by atoms with E-state index in [1.165, 1.54) is 6.07 Å². The van der Waals surface area contributed by atoms with Crippen LogP contribution >= 0.6 is 11.6 Å². The van der Waals surface area contributed by atoms with Gasteiger partial charge >= 0.3 is 5.97 Å². The molecule has 0 spiro atoms.